The molecule has 4 aromatic rings. The topological polar surface area (TPSA) is 0 Å². The standard InChI is InChI=1S/C27H23B/c1-27(2)24-18-10-9-16-22(24)23-17-11-19-25(26(23)27)28(20-12-5-3-6-13-20)21-14-7-4-8-15-21/h3-19H,1-2H3. The fourth-order valence-corrected chi connectivity index (χ4v) is 4.97. The van der Waals surface area contributed by atoms with Crippen molar-refractivity contribution in [3.05, 3.63) is 114 Å². The number of fused-ring (bicyclic) bond motifs is 3. The van der Waals surface area contributed by atoms with Crippen LogP contribution < -0.4 is 16.4 Å². The van der Waals surface area contributed by atoms with Gasteiger partial charge >= 0.3 is 0 Å². The average Bonchev–Trinajstić information content (AvgIpc) is 2.98. The predicted molar refractivity (Wildman–Crippen MR) is 122 cm³/mol. The highest BCUT2D eigenvalue weighted by atomic mass is 14.4. The first-order valence-corrected chi connectivity index (χ1v) is 10.0. The lowest BCUT2D eigenvalue weighted by Gasteiger charge is -2.27. The Morgan fingerprint density at radius 2 is 1.07 bits per heavy atom. The molecule has 1 aliphatic rings. The molecule has 28 heavy (non-hydrogen) atoms. The van der Waals surface area contributed by atoms with E-state index in [4.69, 9.17) is 0 Å². The molecule has 0 aromatic heterocycles. The Labute approximate surface area is 168 Å². The van der Waals surface area contributed by atoms with Gasteiger partial charge in [0.2, 0.25) is 6.71 Å². The molecule has 1 heteroatoms. The Bertz CT molecular complexity index is 1090. The van der Waals surface area contributed by atoms with Crippen molar-refractivity contribution in [1.82, 2.24) is 0 Å². The molecular weight excluding hydrogens is 335 g/mol. The van der Waals surface area contributed by atoms with Gasteiger partial charge in [0.1, 0.15) is 0 Å². The van der Waals surface area contributed by atoms with Crippen LogP contribution in [-0.4, -0.2) is 6.71 Å². The van der Waals surface area contributed by atoms with Crippen molar-refractivity contribution < 1.29 is 0 Å². The summed E-state index contributed by atoms with van der Waals surface area (Å²) in [4.78, 5) is 0. The molecule has 0 saturated heterocycles. The zero-order valence-electron chi connectivity index (χ0n) is 16.4. The fraction of sp³-hybridized carbons (Fsp3) is 0.111. The quantitative estimate of drug-likeness (QED) is 0.473. The van der Waals surface area contributed by atoms with Crippen LogP contribution in [0.1, 0.15) is 25.0 Å². The lowest BCUT2D eigenvalue weighted by atomic mass is 9.35. The molecule has 0 unspecified atom stereocenters. The number of benzene rings is 4. The van der Waals surface area contributed by atoms with Crippen LogP contribution in [0.25, 0.3) is 11.1 Å². The van der Waals surface area contributed by atoms with Gasteiger partial charge in [-0.25, -0.2) is 0 Å². The van der Waals surface area contributed by atoms with E-state index in [2.05, 4.69) is 117 Å². The van der Waals surface area contributed by atoms with E-state index in [1.165, 1.54) is 38.6 Å². The van der Waals surface area contributed by atoms with Crippen molar-refractivity contribution in [2.75, 3.05) is 0 Å². The zero-order valence-corrected chi connectivity index (χ0v) is 16.4. The summed E-state index contributed by atoms with van der Waals surface area (Å²) in [5, 5.41) is 0. The predicted octanol–water partition coefficient (Wildman–Crippen LogP) is 4.51. The van der Waals surface area contributed by atoms with Gasteiger partial charge in [0, 0.05) is 5.41 Å². The molecule has 5 rings (SSSR count). The molecule has 0 saturated carbocycles. The van der Waals surface area contributed by atoms with Crippen LogP contribution >= 0.6 is 0 Å². The summed E-state index contributed by atoms with van der Waals surface area (Å²) in [7, 11) is 0. The molecule has 4 aromatic carbocycles. The van der Waals surface area contributed by atoms with Crippen molar-refractivity contribution in [2.24, 2.45) is 0 Å². The summed E-state index contributed by atoms with van der Waals surface area (Å²) in [5.74, 6) is 0. The average molecular weight is 358 g/mol. The summed E-state index contributed by atoms with van der Waals surface area (Å²) in [6, 6.07) is 37.5. The van der Waals surface area contributed by atoms with Gasteiger partial charge in [-0.2, -0.15) is 0 Å². The van der Waals surface area contributed by atoms with Crippen molar-refractivity contribution in [2.45, 2.75) is 19.3 Å². The molecule has 0 bridgehead atoms. The van der Waals surface area contributed by atoms with E-state index >= 15 is 0 Å². The van der Waals surface area contributed by atoms with Crippen LogP contribution in [0.2, 0.25) is 0 Å². The van der Waals surface area contributed by atoms with Gasteiger partial charge in [-0.15, -0.1) is 0 Å². The molecule has 0 nitrogen and oxygen atoms in total. The van der Waals surface area contributed by atoms with Gasteiger partial charge in [0.05, 0.1) is 0 Å². The summed E-state index contributed by atoms with van der Waals surface area (Å²) >= 11 is 0. The van der Waals surface area contributed by atoms with E-state index in [0.717, 1.165) is 0 Å². The first-order valence-electron chi connectivity index (χ1n) is 10.0. The van der Waals surface area contributed by atoms with E-state index in [9.17, 15) is 0 Å². The molecule has 0 amide bonds. The van der Waals surface area contributed by atoms with E-state index in [1.807, 2.05) is 0 Å². The minimum atomic E-state index is -0.00959. The molecular formula is C27H23B. The van der Waals surface area contributed by atoms with Gasteiger partial charge < -0.3 is 0 Å². The SMILES string of the molecule is CC1(C)c2ccccc2-c2cccc(B(c3ccccc3)c3ccccc3)c21. The van der Waals surface area contributed by atoms with Crippen LogP contribution in [0.5, 0.6) is 0 Å². The molecule has 134 valence electrons. The van der Waals surface area contributed by atoms with Gasteiger partial charge in [-0.1, -0.05) is 133 Å². The Kier molecular flexibility index (Phi) is 3.98. The lowest BCUT2D eigenvalue weighted by molar-refractivity contribution is 0.664. The van der Waals surface area contributed by atoms with Gasteiger partial charge in [0.15, 0.2) is 0 Å². The van der Waals surface area contributed by atoms with Crippen molar-refractivity contribution in [3.63, 3.8) is 0 Å². The van der Waals surface area contributed by atoms with Crippen molar-refractivity contribution in [1.29, 1.82) is 0 Å². The molecule has 0 atom stereocenters. The molecule has 0 aliphatic heterocycles. The summed E-state index contributed by atoms with van der Waals surface area (Å²) in [6.07, 6.45) is 0. The Hall–Kier alpha value is -3.06. The minimum Gasteiger partial charge on any atom is -0.0687 e. The second-order valence-corrected chi connectivity index (χ2v) is 8.19. The van der Waals surface area contributed by atoms with Crippen LogP contribution in [0.15, 0.2) is 103 Å². The Balaban J connectivity index is 1.80. The first-order chi connectivity index (χ1) is 13.7. The van der Waals surface area contributed by atoms with Crippen molar-refractivity contribution >= 4 is 23.1 Å². The molecule has 0 radical (unpaired) electrons. The fourth-order valence-electron chi connectivity index (χ4n) is 4.97. The monoisotopic (exact) mass is 358 g/mol. The van der Waals surface area contributed by atoms with E-state index < -0.39 is 0 Å². The van der Waals surface area contributed by atoms with Crippen LogP contribution in [0.3, 0.4) is 0 Å². The third-order valence-corrected chi connectivity index (χ3v) is 6.19. The number of hydrogen-bond acceptors (Lipinski definition) is 0. The molecule has 0 heterocycles. The smallest absolute Gasteiger partial charge is 0.0687 e. The van der Waals surface area contributed by atoms with E-state index in [-0.39, 0.29) is 12.1 Å². The first kappa shape index (κ1) is 17.1. The normalized spacial score (nSPS) is 13.6. The van der Waals surface area contributed by atoms with Gasteiger partial charge in [0.25, 0.3) is 0 Å². The van der Waals surface area contributed by atoms with E-state index in [0.29, 0.717) is 0 Å². The molecule has 1 aliphatic carbocycles. The Morgan fingerprint density at radius 3 is 1.71 bits per heavy atom. The number of rotatable bonds is 3. The maximum atomic E-state index is 2.37. The highest BCUT2D eigenvalue weighted by Crippen LogP contribution is 2.47. The lowest BCUT2D eigenvalue weighted by Crippen LogP contribution is -2.54. The highest BCUT2D eigenvalue weighted by Gasteiger charge is 2.39. The largest absolute Gasteiger partial charge is 0.241 e. The van der Waals surface area contributed by atoms with Gasteiger partial charge in [-0.3, -0.25) is 0 Å². The number of hydrogen-bond donors (Lipinski definition) is 0. The summed E-state index contributed by atoms with van der Waals surface area (Å²) in [6.45, 7) is 4.97. The minimum absolute atomic E-state index is 0.00959. The second-order valence-electron chi connectivity index (χ2n) is 8.19. The Morgan fingerprint density at radius 1 is 0.536 bits per heavy atom. The maximum absolute atomic E-state index is 2.37. The summed E-state index contributed by atoms with van der Waals surface area (Å²) in [5.41, 5.74) is 9.74. The zero-order chi connectivity index (χ0) is 19.1. The molecule has 0 spiro atoms. The van der Waals surface area contributed by atoms with Crippen LogP contribution in [0, 0.1) is 0 Å². The third-order valence-electron chi connectivity index (χ3n) is 6.19. The van der Waals surface area contributed by atoms with Crippen molar-refractivity contribution in [3.8, 4) is 11.1 Å². The van der Waals surface area contributed by atoms with Crippen LogP contribution in [-0.2, 0) is 5.41 Å². The molecule has 0 fully saturated rings. The van der Waals surface area contributed by atoms with Crippen LogP contribution in [0.4, 0.5) is 0 Å². The molecule has 0 N–H and O–H groups in total. The van der Waals surface area contributed by atoms with Gasteiger partial charge in [-0.05, 0) is 22.3 Å². The second kappa shape index (κ2) is 6.53. The maximum Gasteiger partial charge on any atom is 0.241 e. The highest BCUT2D eigenvalue weighted by molar-refractivity contribution is 6.95. The summed E-state index contributed by atoms with van der Waals surface area (Å²) < 4.78 is 0. The van der Waals surface area contributed by atoms with E-state index in [1.54, 1.807) is 0 Å². The third kappa shape index (κ3) is 2.54.